The van der Waals surface area contributed by atoms with E-state index >= 15 is 0 Å². The summed E-state index contributed by atoms with van der Waals surface area (Å²) in [5, 5.41) is 7.99. The summed E-state index contributed by atoms with van der Waals surface area (Å²) in [4.78, 5) is 31.6. The Balaban J connectivity index is -0.000000270. The Labute approximate surface area is 152 Å². The third-order valence-electron chi connectivity index (χ3n) is 2.51. The number of nitrogens with zero attached hydrogens (tertiary/aromatic N) is 1. The summed E-state index contributed by atoms with van der Waals surface area (Å²) >= 11 is 0. The van der Waals surface area contributed by atoms with Crippen molar-refractivity contribution in [3.63, 3.8) is 0 Å². The van der Waals surface area contributed by atoms with Crippen molar-refractivity contribution in [2.24, 2.45) is 17.8 Å². The van der Waals surface area contributed by atoms with Crippen LogP contribution in [-0.2, 0) is 14.3 Å². The van der Waals surface area contributed by atoms with E-state index in [-0.39, 0.29) is 24.0 Å². The van der Waals surface area contributed by atoms with Gasteiger partial charge in [0.2, 0.25) is 0 Å². The number of hydrogen-bond acceptors (Lipinski definition) is 4. The molecule has 1 aliphatic heterocycles. The molecule has 1 amide bonds. The number of carboxylic acid groups (broad SMARTS) is 1. The van der Waals surface area contributed by atoms with Crippen LogP contribution >= 0.6 is 0 Å². The predicted molar refractivity (Wildman–Crippen MR) is 100 cm³/mol. The van der Waals surface area contributed by atoms with Crippen molar-refractivity contribution in [2.75, 3.05) is 13.2 Å². The van der Waals surface area contributed by atoms with Crippen LogP contribution in [-0.4, -0.2) is 47.5 Å². The minimum Gasteiger partial charge on any atom is -0.481 e. The highest BCUT2D eigenvalue weighted by molar-refractivity contribution is 5.69. The van der Waals surface area contributed by atoms with Gasteiger partial charge >= 0.3 is 12.1 Å². The van der Waals surface area contributed by atoms with Crippen LogP contribution in [0.15, 0.2) is 0 Å². The number of aldehydes is 1. The first-order valence-corrected chi connectivity index (χ1v) is 8.48. The summed E-state index contributed by atoms with van der Waals surface area (Å²) in [6.45, 7) is 16.2. The molecule has 25 heavy (non-hydrogen) atoms. The molecule has 6 nitrogen and oxygen atoms in total. The lowest BCUT2D eigenvalue weighted by Gasteiger charge is -2.15. The molecule has 1 fully saturated rings. The number of hydrogen-bond donors (Lipinski definition) is 1. The molecule has 1 rings (SSSR count). The van der Waals surface area contributed by atoms with Gasteiger partial charge in [0.15, 0.2) is 0 Å². The number of terminal acetylenes is 1. The van der Waals surface area contributed by atoms with Crippen LogP contribution in [0.5, 0.6) is 0 Å². The second kappa shape index (κ2) is 16.8. The number of amides is 1. The van der Waals surface area contributed by atoms with Gasteiger partial charge in [0.25, 0.3) is 0 Å². The highest BCUT2D eigenvalue weighted by Gasteiger charge is 2.23. The van der Waals surface area contributed by atoms with Crippen molar-refractivity contribution >= 4 is 18.3 Å². The first-order valence-electron chi connectivity index (χ1n) is 8.48. The van der Waals surface area contributed by atoms with Crippen molar-refractivity contribution in [3.8, 4) is 12.3 Å². The lowest BCUT2D eigenvalue weighted by atomic mass is 10.2. The molecule has 146 valence electrons. The van der Waals surface area contributed by atoms with Crippen molar-refractivity contribution in [1.29, 1.82) is 0 Å². The van der Waals surface area contributed by atoms with Crippen molar-refractivity contribution in [1.82, 2.24) is 4.90 Å². The number of carbonyl (C=O) groups excluding carboxylic acids is 2. The van der Waals surface area contributed by atoms with Gasteiger partial charge in [-0.05, 0) is 13.8 Å². The third kappa shape index (κ3) is 22.0. The Hall–Kier alpha value is -2.03. The molecule has 1 aliphatic rings. The normalized spacial score (nSPS) is 12.3. The minimum atomic E-state index is -0.741. The fraction of sp³-hybridized carbons (Fsp3) is 0.737. The smallest absolute Gasteiger partial charge is 0.410 e. The number of ether oxygens (including phenoxy) is 1. The second-order valence-corrected chi connectivity index (χ2v) is 6.60. The summed E-state index contributed by atoms with van der Waals surface area (Å²) in [5.41, 5.74) is 0. The monoisotopic (exact) mass is 357 g/mol. The molecule has 6 heteroatoms. The molecule has 1 saturated heterocycles. The number of rotatable bonds is 3. The van der Waals surface area contributed by atoms with Crippen LogP contribution in [0.25, 0.3) is 0 Å². The van der Waals surface area contributed by atoms with Gasteiger partial charge in [-0.25, -0.2) is 4.79 Å². The molecule has 0 bridgehead atoms. The number of carbonyl (C=O) groups is 3. The maximum atomic E-state index is 10.7. The highest BCUT2D eigenvalue weighted by atomic mass is 16.6. The van der Waals surface area contributed by atoms with E-state index in [1.54, 1.807) is 18.7 Å². The summed E-state index contributed by atoms with van der Waals surface area (Å²) in [7, 11) is 0. The summed E-state index contributed by atoms with van der Waals surface area (Å²) in [5.74, 6) is 2.17. The molecular formula is C19H35NO5. The van der Waals surface area contributed by atoms with E-state index in [0.29, 0.717) is 12.5 Å². The van der Waals surface area contributed by atoms with E-state index in [1.165, 1.54) is 0 Å². The van der Waals surface area contributed by atoms with Gasteiger partial charge in [-0.15, -0.1) is 12.3 Å². The molecule has 0 aromatic heterocycles. The van der Waals surface area contributed by atoms with E-state index in [1.807, 2.05) is 41.5 Å². The molecule has 0 unspecified atom stereocenters. The van der Waals surface area contributed by atoms with E-state index in [0.717, 1.165) is 12.8 Å². The standard InChI is InChI=1S/C6H11NO2.C5H8.C4H8O2.C4H8O/c1-5(2)7-3-4-9-6(7)8;1-4-5(2)3;1-3(2)4(5)6;1-4(2)3-5/h5H,3-4H2,1-2H3;1,5H,2-3H3;3H,1-2H3,(H,5,6);3-4H,1-2H3. The minimum absolute atomic E-state index is 0.176. The molecule has 0 aromatic rings. The van der Waals surface area contributed by atoms with Gasteiger partial charge in [-0.1, -0.05) is 41.5 Å². The van der Waals surface area contributed by atoms with E-state index in [2.05, 4.69) is 5.92 Å². The van der Waals surface area contributed by atoms with Crippen molar-refractivity contribution in [3.05, 3.63) is 0 Å². The fourth-order valence-corrected chi connectivity index (χ4v) is 0.875. The molecule has 1 N–H and O–H groups in total. The Morgan fingerprint density at radius 1 is 1.20 bits per heavy atom. The SMILES string of the molecule is C#CC(C)C.CC(C)C(=O)O.CC(C)C=O.CC(C)N1CCOC1=O. The molecule has 0 aromatic carbocycles. The van der Waals surface area contributed by atoms with Gasteiger partial charge < -0.3 is 19.5 Å². The first kappa shape index (κ1) is 27.8. The lowest BCUT2D eigenvalue weighted by Crippen LogP contribution is -2.31. The average molecular weight is 357 g/mol. The molecule has 0 radical (unpaired) electrons. The zero-order valence-electron chi connectivity index (χ0n) is 16.9. The number of carboxylic acids is 1. The van der Waals surface area contributed by atoms with Crippen molar-refractivity contribution < 1.29 is 24.2 Å². The molecule has 0 saturated carbocycles. The number of cyclic esters (lactones) is 1. The van der Waals surface area contributed by atoms with Crippen LogP contribution in [0, 0.1) is 30.1 Å². The fourth-order valence-electron chi connectivity index (χ4n) is 0.875. The quantitative estimate of drug-likeness (QED) is 0.615. The topological polar surface area (TPSA) is 83.9 Å². The van der Waals surface area contributed by atoms with Crippen molar-refractivity contribution in [2.45, 2.75) is 61.4 Å². The average Bonchev–Trinajstić information content (AvgIpc) is 2.95. The molecule has 0 atom stereocenters. The molecule has 1 heterocycles. The maximum Gasteiger partial charge on any atom is 0.410 e. The van der Waals surface area contributed by atoms with E-state index < -0.39 is 5.97 Å². The summed E-state index contributed by atoms with van der Waals surface area (Å²) in [6, 6.07) is 0.278. The van der Waals surface area contributed by atoms with E-state index in [9.17, 15) is 14.4 Å². The Bertz CT molecular complexity index is 409. The lowest BCUT2D eigenvalue weighted by molar-refractivity contribution is -0.140. The molecule has 0 spiro atoms. The summed E-state index contributed by atoms with van der Waals surface area (Å²) < 4.78 is 4.71. The Morgan fingerprint density at radius 2 is 1.56 bits per heavy atom. The van der Waals surface area contributed by atoms with Crippen LogP contribution in [0.1, 0.15) is 55.4 Å². The van der Waals surface area contributed by atoms with Gasteiger partial charge in [0.1, 0.15) is 12.9 Å². The molecule has 0 aliphatic carbocycles. The van der Waals surface area contributed by atoms with E-state index in [4.69, 9.17) is 16.3 Å². The molecular weight excluding hydrogens is 322 g/mol. The highest BCUT2D eigenvalue weighted by Crippen LogP contribution is 2.06. The predicted octanol–water partition coefficient (Wildman–Crippen LogP) is 3.69. The van der Waals surface area contributed by atoms with Gasteiger partial charge in [0.05, 0.1) is 12.5 Å². The Morgan fingerprint density at radius 3 is 1.64 bits per heavy atom. The number of aliphatic carboxylic acids is 1. The van der Waals surface area contributed by atoms with Gasteiger partial charge in [0, 0.05) is 17.9 Å². The maximum absolute atomic E-state index is 10.7. The van der Waals surface area contributed by atoms with Crippen LogP contribution in [0.2, 0.25) is 0 Å². The third-order valence-corrected chi connectivity index (χ3v) is 2.51. The van der Waals surface area contributed by atoms with Crippen LogP contribution in [0.3, 0.4) is 0 Å². The summed E-state index contributed by atoms with van der Waals surface area (Å²) in [6.07, 6.45) is 5.66. The first-order chi connectivity index (χ1) is 11.4. The zero-order chi connectivity index (χ0) is 20.6. The van der Waals surface area contributed by atoms with Crippen LogP contribution < -0.4 is 0 Å². The zero-order valence-corrected chi connectivity index (χ0v) is 16.9. The van der Waals surface area contributed by atoms with Gasteiger partial charge in [-0.2, -0.15) is 0 Å². The van der Waals surface area contributed by atoms with Gasteiger partial charge in [-0.3, -0.25) is 4.79 Å². The Kier molecular flexibility index (Phi) is 18.7. The second-order valence-electron chi connectivity index (χ2n) is 6.60. The largest absolute Gasteiger partial charge is 0.481 e. The van der Waals surface area contributed by atoms with Crippen LogP contribution in [0.4, 0.5) is 4.79 Å².